The number of rotatable bonds is 7. The van der Waals surface area contributed by atoms with Crippen LogP contribution in [0.5, 0.6) is 0 Å². The Bertz CT molecular complexity index is 659. The quantitative estimate of drug-likeness (QED) is 0.600. The molecule has 1 atom stereocenters. The zero-order valence-corrected chi connectivity index (χ0v) is 17.1. The number of hydrogen-bond acceptors (Lipinski definition) is 4. The zero-order valence-electron chi connectivity index (χ0n) is 16.1. The van der Waals surface area contributed by atoms with Gasteiger partial charge in [0.05, 0.1) is 13.2 Å². The molecule has 2 aromatic rings. The van der Waals surface area contributed by atoms with E-state index in [0.717, 1.165) is 10.4 Å². The van der Waals surface area contributed by atoms with Crippen molar-refractivity contribution in [2.24, 2.45) is 5.73 Å². The number of ether oxygens (including phenoxy) is 1. The lowest BCUT2D eigenvalue weighted by Crippen LogP contribution is -2.67. The lowest BCUT2D eigenvalue weighted by Gasteiger charge is -2.43. The predicted molar refractivity (Wildman–Crippen MR) is 108 cm³/mol. The second-order valence-electron chi connectivity index (χ2n) is 7.33. The summed E-state index contributed by atoms with van der Waals surface area (Å²) in [4.78, 5) is 12.0. The lowest BCUT2D eigenvalue weighted by atomic mass is 10.2. The molecule has 0 aliphatic rings. The lowest BCUT2D eigenvalue weighted by molar-refractivity contribution is -0.145. The molecule has 0 saturated carbocycles. The van der Waals surface area contributed by atoms with Gasteiger partial charge in [0.1, 0.15) is 6.04 Å². The standard InChI is InChI=1S/C21H29NO3Si/c1-5-24-20(23)19(22)16-25-26(21(2,3)4,17-12-8-6-9-13-17)18-14-10-7-11-15-18/h6-15,19H,5,16,22H2,1-4H3/t19-/m0/s1. The molecule has 0 saturated heterocycles. The molecular formula is C21H29NO3Si. The molecule has 0 aliphatic carbocycles. The Labute approximate surface area is 157 Å². The van der Waals surface area contributed by atoms with E-state index in [1.807, 2.05) is 36.4 Å². The van der Waals surface area contributed by atoms with Crippen molar-refractivity contribution in [3.8, 4) is 0 Å². The Morgan fingerprint density at radius 2 is 1.46 bits per heavy atom. The summed E-state index contributed by atoms with van der Waals surface area (Å²) in [6.07, 6.45) is 0. The molecular weight excluding hydrogens is 342 g/mol. The zero-order chi connectivity index (χ0) is 19.2. The molecule has 0 amide bonds. The van der Waals surface area contributed by atoms with E-state index >= 15 is 0 Å². The second-order valence-corrected chi connectivity index (χ2v) is 11.6. The Kier molecular flexibility index (Phi) is 6.75. The van der Waals surface area contributed by atoms with Gasteiger partial charge in [0, 0.05) is 0 Å². The number of hydrogen-bond donors (Lipinski definition) is 1. The largest absolute Gasteiger partial charge is 0.465 e. The van der Waals surface area contributed by atoms with Crippen LogP contribution in [-0.2, 0) is 14.0 Å². The van der Waals surface area contributed by atoms with Gasteiger partial charge in [-0.3, -0.25) is 4.79 Å². The van der Waals surface area contributed by atoms with Gasteiger partial charge >= 0.3 is 5.97 Å². The van der Waals surface area contributed by atoms with Crippen molar-refractivity contribution in [3.63, 3.8) is 0 Å². The molecule has 2 rings (SSSR count). The van der Waals surface area contributed by atoms with Gasteiger partial charge in [-0.25, -0.2) is 0 Å². The number of esters is 1. The van der Waals surface area contributed by atoms with Crippen LogP contribution in [0.3, 0.4) is 0 Å². The topological polar surface area (TPSA) is 61.5 Å². The number of benzene rings is 2. The van der Waals surface area contributed by atoms with Crippen LogP contribution >= 0.6 is 0 Å². The van der Waals surface area contributed by atoms with Crippen LogP contribution in [-0.4, -0.2) is 33.5 Å². The molecule has 2 aromatic carbocycles. The van der Waals surface area contributed by atoms with E-state index in [4.69, 9.17) is 14.9 Å². The molecule has 0 heterocycles. The Balaban J connectivity index is 2.49. The Morgan fingerprint density at radius 3 is 1.85 bits per heavy atom. The normalized spacial score (nSPS) is 13.3. The van der Waals surface area contributed by atoms with E-state index in [-0.39, 0.29) is 11.6 Å². The fourth-order valence-electron chi connectivity index (χ4n) is 3.29. The van der Waals surface area contributed by atoms with Crippen molar-refractivity contribution in [1.82, 2.24) is 0 Å². The third-order valence-corrected chi connectivity index (χ3v) is 9.49. The average Bonchev–Trinajstić information content (AvgIpc) is 2.63. The maximum atomic E-state index is 12.0. The summed E-state index contributed by atoms with van der Waals surface area (Å²) >= 11 is 0. The minimum atomic E-state index is -2.67. The summed E-state index contributed by atoms with van der Waals surface area (Å²) in [6.45, 7) is 8.78. The maximum absolute atomic E-state index is 12.0. The summed E-state index contributed by atoms with van der Waals surface area (Å²) in [6, 6.07) is 19.8. The summed E-state index contributed by atoms with van der Waals surface area (Å²) in [5, 5.41) is 2.17. The molecule has 0 aromatic heterocycles. The van der Waals surface area contributed by atoms with Crippen LogP contribution in [0.2, 0.25) is 5.04 Å². The molecule has 0 spiro atoms. The van der Waals surface area contributed by atoms with Gasteiger partial charge in [0.2, 0.25) is 0 Å². The van der Waals surface area contributed by atoms with Crippen LogP contribution in [0.15, 0.2) is 60.7 Å². The summed E-state index contributed by atoms with van der Waals surface area (Å²) < 4.78 is 11.6. The fourth-order valence-corrected chi connectivity index (χ4v) is 7.88. The van der Waals surface area contributed by atoms with Crippen LogP contribution in [0.4, 0.5) is 0 Å². The van der Waals surface area contributed by atoms with Crippen molar-refractivity contribution in [3.05, 3.63) is 60.7 Å². The predicted octanol–water partition coefficient (Wildman–Crippen LogP) is 2.45. The van der Waals surface area contributed by atoms with Crippen molar-refractivity contribution < 1.29 is 14.0 Å². The first kappa shape index (κ1) is 20.4. The van der Waals surface area contributed by atoms with E-state index in [1.165, 1.54) is 0 Å². The monoisotopic (exact) mass is 371 g/mol. The summed E-state index contributed by atoms with van der Waals surface area (Å²) in [5.41, 5.74) is 6.03. The first-order valence-corrected chi connectivity index (χ1v) is 10.9. The molecule has 0 radical (unpaired) electrons. The molecule has 0 bridgehead atoms. The Morgan fingerprint density at radius 1 is 1.00 bits per heavy atom. The Hall–Kier alpha value is -1.95. The number of carbonyl (C=O) groups is 1. The van der Waals surface area contributed by atoms with Gasteiger partial charge in [-0.05, 0) is 22.3 Å². The van der Waals surface area contributed by atoms with Crippen LogP contribution < -0.4 is 16.1 Å². The summed E-state index contributed by atoms with van der Waals surface area (Å²) in [5.74, 6) is -0.426. The number of nitrogens with two attached hydrogens (primary N) is 1. The van der Waals surface area contributed by atoms with Crippen LogP contribution in [0, 0.1) is 0 Å². The van der Waals surface area contributed by atoms with Gasteiger partial charge in [-0.15, -0.1) is 0 Å². The molecule has 0 aliphatic heterocycles. The molecule has 0 unspecified atom stereocenters. The molecule has 5 heteroatoms. The highest BCUT2D eigenvalue weighted by molar-refractivity contribution is 6.99. The van der Waals surface area contributed by atoms with Gasteiger partial charge in [0.15, 0.2) is 0 Å². The van der Waals surface area contributed by atoms with Crippen LogP contribution in [0.1, 0.15) is 27.7 Å². The van der Waals surface area contributed by atoms with Crippen molar-refractivity contribution in [2.75, 3.05) is 13.2 Å². The smallest absolute Gasteiger partial charge is 0.325 e. The highest BCUT2D eigenvalue weighted by Gasteiger charge is 2.50. The fraction of sp³-hybridized carbons (Fsp3) is 0.381. The minimum absolute atomic E-state index is 0.131. The first-order chi connectivity index (χ1) is 12.3. The van der Waals surface area contributed by atoms with Crippen molar-refractivity contribution in [2.45, 2.75) is 38.8 Å². The number of carbonyl (C=O) groups excluding carboxylic acids is 1. The second kappa shape index (κ2) is 8.62. The third-order valence-electron chi connectivity index (χ3n) is 4.49. The maximum Gasteiger partial charge on any atom is 0.325 e. The minimum Gasteiger partial charge on any atom is -0.465 e. The highest BCUT2D eigenvalue weighted by atomic mass is 28.4. The highest BCUT2D eigenvalue weighted by Crippen LogP contribution is 2.36. The van der Waals surface area contributed by atoms with Crippen molar-refractivity contribution >= 4 is 24.7 Å². The molecule has 2 N–H and O–H groups in total. The van der Waals surface area contributed by atoms with E-state index in [9.17, 15) is 4.79 Å². The molecule has 4 nitrogen and oxygen atoms in total. The van der Waals surface area contributed by atoms with Crippen molar-refractivity contribution in [1.29, 1.82) is 0 Å². The third kappa shape index (κ3) is 4.23. The van der Waals surface area contributed by atoms with E-state index in [1.54, 1.807) is 6.92 Å². The van der Waals surface area contributed by atoms with E-state index < -0.39 is 20.3 Å². The molecule has 140 valence electrons. The van der Waals surface area contributed by atoms with Gasteiger partial charge in [-0.2, -0.15) is 0 Å². The first-order valence-electron chi connectivity index (χ1n) is 9.00. The van der Waals surface area contributed by atoms with E-state index in [0.29, 0.717) is 6.61 Å². The van der Waals surface area contributed by atoms with Gasteiger partial charge in [0.25, 0.3) is 8.32 Å². The summed E-state index contributed by atoms with van der Waals surface area (Å²) in [7, 11) is -2.67. The molecule has 0 fully saturated rings. The average molecular weight is 372 g/mol. The van der Waals surface area contributed by atoms with E-state index in [2.05, 4.69) is 45.0 Å². The van der Waals surface area contributed by atoms with Gasteiger partial charge in [-0.1, -0.05) is 81.4 Å². The molecule has 26 heavy (non-hydrogen) atoms. The SMILES string of the molecule is CCOC(=O)[C@@H](N)CO[Si](c1ccccc1)(c1ccccc1)C(C)(C)C. The van der Waals surface area contributed by atoms with Gasteiger partial charge < -0.3 is 14.9 Å². The van der Waals surface area contributed by atoms with Crippen LogP contribution in [0.25, 0.3) is 0 Å².